The first-order chi connectivity index (χ1) is 7.31. The van der Waals surface area contributed by atoms with E-state index in [1.54, 1.807) is 6.07 Å². The molecule has 0 radical (unpaired) electrons. The van der Waals surface area contributed by atoms with E-state index in [0.717, 1.165) is 0 Å². The number of halogens is 3. The van der Waals surface area contributed by atoms with Crippen molar-refractivity contribution in [1.29, 1.82) is 0 Å². The fourth-order valence-corrected chi connectivity index (χ4v) is 1.11. The molecule has 0 saturated heterocycles. The van der Waals surface area contributed by atoms with Crippen molar-refractivity contribution < 1.29 is 18.0 Å². The molecule has 16 heavy (non-hydrogen) atoms. The Bertz CT molecular complexity index is 392. The van der Waals surface area contributed by atoms with E-state index >= 15 is 0 Å². The van der Waals surface area contributed by atoms with Crippen LogP contribution in [0.2, 0.25) is 0 Å². The van der Waals surface area contributed by atoms with E-state index in [1.807, 2.05) is 0 Å². The molecule has 0 atom stereocenters. The van der Waals surface area contributed by atoms with E-state index in [9.17, 15) is 18.0 Å². The first-order valence-electron chi connectivity index (χ1n) is 4.29. The van der Waals surface area contributed by atoms with Crippen molar-refractivity contribution in [2.24, 2.45) is 5.84 Å². The number of rotatable bonds is 2. The van der Waals surface area contributed by atoms with Crippen molar-refractivity contribution in [3.63, 3.8) is 0 Å². The lowest BCUT2D eigenvalue weighted by Crippen LogP contribution is -2.44. The van der Waals surface area contributed by atoms with Gasteiger partial charge in [-0.2, -0.15) is 13.2 Å². The lowest BCUT2D eigenvalue weighted by molar-refractivity contribution is -0.141. The van der Waals surface area contributed by atoms with Gasteiger partial charge in [0.05, 0.1) is 5.56 Å². The van der Waals surface area contributed by atoms with Gasteiger partial charge in [-0.3, -0.25) is 9.80 Å². The number of carbonyl (C=O) groups excluding carboxylic acids is 1. The van der Waals surface area contributed by atoms with E-state index in [4.69, 9.17) is 11.6 Å². The molecule has 7 heteroatoms. The smallest absolute Gasteiger partial charge is 0.398 e. The summed E-state index contributed by atoms with van der Waals surface area (Å²) in [4.78, 5) is 11.5. The Morgan fingerprint density at radius 2 is 1.88 bits per heavy atom. The predicted octanol–water partition coefficient (Wildman–Crippen LogP) is 1.15. The molecule has 0 aliphatic rings. The lowest BCUT2D eigenvalue weighted by Gasteiger charge is -2.18. The van der Waals surface area contributed by atoms with Gasteiger partial charge in [0.1, 0.15) is 6.54 Å². The molecular weight excluding hydrogens is 223 g/mol. The average Bonchev–Trinajstić information content (AvgIpc) is 2.15. The molecule has 0 aromatic heterocycles. The third-order valence-electron chi connectivity index (χ3n) is 1.80. The van der Waals surface area contributed by atoms with Gasteiger partial charge in [0.2, 0.25) is 0 Å². The minimum absolute atomic E-state index is 0.0470. The Morgan fingerprint density at radius 3 is 2.38 bits per heavy atom. The molecule has 88 valence electrons. The molecule has 1 aromatic carbocycles. The molecule has 0 aliphatic carbocycles. The van der Waals surface area contributed by atoms with Gasteiger partial charge in [-0.05, 0) is 12.1 Å². The highest BCUT2D eigenvalue weighted by Gasteiger charge is 2.32. The Hall–Kier alpha value is -1.76. The summed E-state index contributed by atoms with van der Waals surface area (Å²) in [6, 6.07) is 5.78. The fourth-order valence-electron chi connectivity index (χ4n) is 1.11. The molecule has 0 bridgehead atoms. The molecule has 0 unspecified atom stereocenters. The minimum Gasteiger partial charge on any atom is -0.398 e. The number of hydrogen-bond acceptors (Lipinski definition) is 3. The van der Waals surface area contributed by atoms with Crippen molar-refractivity contribution in [3.05, 3.63) is 29.8 Å². The number of hydrogen-bond donors (Lipinski definition) is 2. The first kappa shape index (κ1) is 12.3. The summed E-state index contributed by atoms with van der Waals surface area (Å²) in [6.45, 7) is -1.51. The normalized spacial score (nSPS) is 11.2. The van der Waals surface area contributed by atoms with Crippen LogP contribution < -0.4 is 11.6 Å². The summed E-state index contributed by atoms with van der Waals surface area (Å²) in [6.07, 6.45) is -4.53. The van der Waals surface area contributed by atoms with Crippen LogP contribution >= 0.6 is 0 Å². The standard InChI is InChI=1S/C9H10F3N3O/c10-9(11,12)5-15(14)8(16)6-3-1-2-4-7(6)13/h1-4H,5,13-14H2. The van der Waals surface area contributed by atoms with Gasteiger partial charge >= 0.3 is 6.18 Å². The lowest BCUT2D eigenvalue weighted by atomic mass is 10.1. The van der Waals surface area contributed by atoms with E-state index in [-0.39, 0.29) is 16.3 Å². The molecule has 1 rings (SSSR count). The molecule has 4 N–H and O–H groups in total. The molecule has 0 aliphatic heterocycles. The first-order valence-corrected chi connectivity index (χ1v) is 4.29. The minimum atomic E-state index is -4.53. The second kappa shape index (κ2) is 4.40. The Morgan fingerprint density at radius 1 is 1.31 bits per heavy atom. The molecule has 0 heterocycles. The van der Waals surface area contributed by atoms with Gasteiger partial charge in [-0.15, -0.1) is 0 Å². The average molecular weight is 233 g/mol. The van der Waals surface area contributed by atoms with Gasteiger partial charge in [0.25, 0.3) is 5.91 Å². The van der Waals surface area contributed by atoms with Crippen molar-refractivity contribution in [2.75, 3.05) is 12.3 Å². The van der Waals surface area contributed by atoms with Gasteiger partial charge < -0.3 is 5.73 Å². The van der Waals surface area contributed by atoms with E-state index in [0.29, 0.717) is 0 Å². The maximum atomic E-state index is 12.0. The summed E-state index contributed by atoms with van der Waals surface area (Å²) in [5.74, 6) is 4.05. The van der Waals surface area contributed by atoms with Crippen LogP contribution in [0.25, 0.3) is 0 Å². The number of amides is 1. The van der Waals surface area contributed by atoms with Crippen LogP contribution in [0.3, 0.4) is 0 Å². The van der Waals surface area contributed by atoms with Crippen molar-refractivity contribution >= 4 is 11.6 Å². The number of nitrogens with zero attached hydrogens (tertiary/aromatic N) is 1. The summed E-state index contributed by atoms with van der Waals surface area (Å²) in [7, 11) is 0. The molecule has 0 spiro atoms. The predicted molar refractivity (Wildman–Crippen MR) is 52.1 cm³/mol. The van der Waals surface area contributed by atoms with Crippen LogP contribution in [-0.2, 0) is 0 Å². The van der Waals surface area contributed by atoms with E-state index in [1.165, 1.54) is 18.2 Å². The van der Waals surface area contributed by atoms with Crippen LogP contribution in [0.5, 0.6) is 0 Å². The maximum absolute atomic E-state index is 12.0. The summed E-state index contributed by atoms with van der Waals surface area (Å²) < 4.78 is 35.9. The number of anilines is 1. The number of para-hydroxylation sites is 1. The quantitative estimate of drug-likeness (QED) is 0.348. The number of nitrogens with two attached hydrogens (primary N) is 2. The highest BCUT2D eigenvalue weighted by Crippen LogP contribution is 2.18. The van der Waals surface area contributed by atoms with Crippen LogP contribution in [-0.4, -0.2) is 23.6 Å². The van der Waals surface area contributed by atoms with Gasteiger partial charge in [-0.25, -0.2) is 5.84 Å². The van der Waals surface area contributed by atoms with Crippen molar-refractivity contribution in [3.8, 4) is 0 Å². The number of benzene rings is 1. The van der Waals surface area contributed by atoms with Crippen LogP contribution in [0.15, 0.2) is 24.3 Å². The van der Waals surface area contributed by atoms with Gasteiger partial charge in [-0.1, -0.05) is 12.1 Å². The number of nitrogen functional groups attached to an aromatic ring is 1. The van der Waals surface area contributed by atoms with Crippen molar-refractivity contribution in [1.82, 2.24) is 5.01 Å². The highest BCUT2D eigenvalue weighted by molar-refractivity contribution is 5.98. The SMILES string of the molecule is Nc1ccccc1C(=O)N(N)CC(F)(F)F. The van der Waals surface area contributed by atoms with Crippen LogP contribution in [0, 0.1) is 0 Å². The van der Waals surface area contributed by atoms with E-state index < -0.39 is 18.6 Å². The zero-order valence-electron chi connectivity index (χ0n) is 8.16. The number of carbonyl (C=O) groups is 1. The fraction of sp³-hybridized carbons (Fsp3) is 0.222. The molecule has 1 aromatic rings. The Kier molecular flexibility index (Phi) is 3.38. The zero-order valence-corrected chi connectivity index (χ0v) is 8.16. The van der Waals surface area contributed by atoms with Crippen molar-refractivity contribution in [2.45, 2.75) is 6.18 Å². The second-order valence-corrected chi connectivity index (χ2v) is 3.14. The topological polar surface area (TPSA) is 72.4 Å². The Labute approximate surface area is 89.6 Å². The largest absolute Gasteiger partial charge is 0.407 e. The summed E-state index contributed by atoms with van der Waals surface area (Å²) in [5, 5.41) is 0.0890. The molecule has 1 amide bonds. The molecule has 0 saturated carbocycles. The Balaban J connectivity index is 2.83. The van der Waals surface area contributed by atoms with Gasteiger partial charge in [0.15, 0.2) is 0 Å². The van der Waals surface area contributed by atoms with Crippen LogP contribution in [0.1, 0.15) is 10.4 Å². The third-order valence-corrected chi connectivity index (χ3v) is 1.80. The second-order valence-electron chi connectivity index (χ2n) is 3.14. The molecule has 4 nitrogen and oxygen atoms in total. The number of hydrazine groups is 1. The third kappa shape index (κ3) is 3.13. The number of alkyl halides is 3. The monoisotopic (exact) mass is 233 g/mol. The van der Waals surface area contributed by atoms with E-state index in [2.05, 4.69) is 0 Å². The molecular formula is C9H10F3N3O. The molecule has 0 fully saturated rings. The summed E-state index contributed by atoms with van der Waals surface area (Å²) >= 11 is 0. The zero-order chi connectivity index (χ0) is 12.3. The van der Waals surface area contributed by atoms with Gasteiger partial charge in [0, 0.05) is 5.69 Å². The summed E-state index contributed by atoms with van der Waals surface area (Å²) in [5.41, 5.74) is 5.48. The van der Waals surface area contributed by atoms with Crippen LogP contribution in [0.4, 0.5) is 18.9 Å². The maximum Gasteiger partial charge on any atom is 0.407 e. The highest BCUT2D eigenvalue weighted by atomic mass is 19.4.